The zero-order chi connectivity index (χ0) is 21.3. The van der Waals surface area contributed by atoms with Gasteiger partial charge < -0.3 is 20.3 Å². The van der Waals surface area contributed by atoms with Crippen molar-refractivity contribution in [1.29, 1.82) is 0 Å². The maximum Gasteiger partial charge on any atom is 0.247 e. The molecule has 1 aromatic carbocycles. The number of rotatable bonds is 8. The van der Waals surface area contributed by atoms with E-state index in [1.165, 1.54) is 0 Å². The lowest BCUT2D eigenvalue weighted by molar-refractivity contribution is -0.129. The number of ether oxygens (including phenoxy) is 1. The Morgan fingerprint density at radius 1 is 1.13 bits per heavy atom. The van der Waals surface area contributed by atoms with Crippen molar-refractivity contribution in [2.75, 3.05) is 31.2 Å². The summed E-state index contributed by atoms with van der Waals surface area (Å²) in [5.41, 5.74) is 1.72. The molecule has 3 rings (SSSR count). The molecule has 30 heavy (non-hydrogen) atoms. The molecule has 2 amide bonds. The molecule has 2 heterocycles. The summed E-state index contributed by atoms with van der Waals surface area (Å²) < 4.78 is 5.39. The van der Waals surface area contributed by atoms with Crippen molar-refractivity contribution in [1.82, 2.24) is 15.6 Å². The molecule has 7 heteroatoms. The van der Waals surface area contributed by atoms with Gasteiger partial charge in [0.1, 0.15) is 11.9 Å². The van der Waals surface area contributed by atoms with Gasteiger partial charge in [-0.05, 0) is 29.2 Å². The number of aromatic nitrogens is 1. The topological polar surface area (TPSA) is 83.6 Å². The highest BCUT2D eigenvalue weighted by Gasteiger charge is 2.23. The lowest BCUT2D eigenvalue weighted by Gasteiger charge is -2.28. The Balaban J connectivity index is 1.66. The quantitative estimate of drug-likeness (QED) is 0.698. The number of anilines is 1. The van der Waals surface area contributed by atoms with Gasteiger partial charge in [-0.15, -0.1) is 0 Å². The molecular weight excluding hydrogens is 380 g/mol. The molecule has 1 fully saturated rings. The van der Waals surface area contributed by atoms with Crippen molar-refractivity contribution in [3.05, 3.63) is 59.8 Å². The predicted molar refractivity (Wildman–Crippen MR) is 116 cm³/mol. The number of nitrogens with zero attached hydrogens (tertiary/aromatic N) is 2. The maximum absolute atomic E-state index is 13.0. The van der Waals surface area contributed by atoms with Gasteiger partial charge in [-0.1, -0.05) is 44.2 Å². The van der Waals surface area contributed by atoms with Crippen LogP contribution in [0.15, 0.2) is 48.7 Å². The lowest BCUT2D eigenvalue weighted by atomic mass is 10.0. The second-order valence-electron chi connectivity index (χ2n) is 7.85. The Hall–Kier alpha value is -2.93. The van der Waals surface area contributed by atoms with Gasteiger partial charge in [0.05, 0.1) is 13.2 Å². The van der Waals surface area contributed by atoms with E-state index in [4.69, 9.17) is 4.74 Å². The minimum atomic E-state index is -0.724. The van der Waals surface area contributed by atoms with Crippen LogP contribution in [0.2, 0.25) is 0 Å². The van der Waals surface area contributed by atoms with E-state index in [-0.39, 0.29) is 17.7 Å². The second-order valence-corrected chi connectivity index (χ2v) is 7.85. The third-order valence-electron chi connectivity index (χ3n) is 4.91. The zero-order valence-electron chi connectivity index (χ0n) is 17.6. The first kappa shape index (κ1) is 21.8. The summed E-state index contributed by atoms with van der Waals surface area (Å²) in [6.07, 6.45) is 2.13. The molecule has 0 bridgehead atoms. The number of carbonyl (C=O) groups excluding carboxylic acids is 2. The van der Waals surface area contributed by atoms with Crippen LogP contribution in [0.1, 0.15) is 37.4 Å². The third kappa shape index (κ3) is 6.29. The van der Waals surface area contributed by atoms with Crippen molar-refractivity contribution in [2.45, 2.75) is 32.9 Å². The standard InChI is InChI=1S/C23H30N4O3/c1-17(2)14-21(28)26-22(19-6-4-3-5-7-19)23(29)25-16-18-8-9-24-20(15-18)27-10-12-30-13-11-27/h3-9,15,17,22H,10-14,16H2,1-2H3,(H,25,29)(H,26,28). The molecule has 0 spiro atoms. The van der Waals surface area contributed by atoms with Crippen LogP contribution in [-0.2, 0) is 20.9 Å². The van der Waals surface area contributed by atoms with E-state index in [9.17, 15) is 9.59 Å². The molecule has 160 valence electrons. The van der Waals surface area contributed by atoms with Gasteiger partial charge in [-0.2, -0.15) is 0 Å². The number of nitrogens with one attached hydrogen (secondary N) is 2. The third-order valence-corrected chi connectivity index (χ3v) is 4.91. The van der Waals surface area contributed by atoms with Crippen molar-refractivity contribution in [2.24, 2.45) is 5.92 Å². The van der Waals surface area contributed by atoms with Gasteiger partial charge >= 0.3 is 0 Å². The molecule has 0 saturated carbocycles. The number of amides is 2. The first-order valence-corrected chi connectivity index (χ1v) is 10.4. The number of benzene rings is 1. The molecule has 1 atom stereocenters. The van der Waals surface area contributed by atoms with Gasteiger partial charge in [-0.25, -0.2) is 4.98 Å². The summed E-state index contributed by atoms with van der Waals surface area (Å²) in [4.78, 5) is 31.9. The fourth-order valence-corrected chi connectivity index (χ4v) is 3.36. The van der Waals surface area contributed by atoms with Crippen LogP contribution in [0, 0.1) is 5.92 Å². The van der Waals surface area contributed by atoms with Gasteiger partial charge in [0.2, 0.25) is 11.8 Å². The van der Waals surface area contributed by atoms with Gasteiger partial charge in [-0.3, -0.25) is 9.59 Å². The second kappa shape index (κ2) is 10.7. The van der Waals surface area contributed by atoms with Crippen LogP contribution < -0.4 is 15.5 Å². The van der Waals surface area contributed by atoms with Crippen LogP contribution >= 0.6 is 0 Å². The average Bonchev–Trinajstić information content (AvgIpc) is 2.77. The number of hydrogen-bond acceptors (Lipinski definition) is 5. The first-order valence-electron chi connectivity index (χ1n) is 10.4. The fourth-order valence-electron chi connectivity index (χ4n) is 3.36. The number of carbonyl (C=O) groups is 2. The summed E-state index contributed by atoms with van der Waals surface area (Å²) >= 11 is 0. The zero-order valence-corrected chi connectivity index (χ0v) is 17.6. The molecular formula is C23H30N4O3. The van der Waals surface area contributed by atoms with Crippen molar-refractivity contribution in [3.8, 4) is 0 Å². The summed E-state index contributed by atoms with van der Waals surface area (Å²) in [5, 5.41) is 5.84. The number of morpholine rings is 1. The van der Waals surface area contributed by atoms with E-state index < -0.39 is 6.04 Å². The molecule has 1 aromatic heterocycles. The maximum atomic E-state index is 13.0. The van der Waals surface area contributed by atoms with Crippen LogP contribution in [0.5, 0.6) is 0 Å². The van der Waals surface area contributed by atoms with E-state index in [1.54, 1.807) is 6.20 Å². The lowest BCUT2D eigenvalue weighted by Crippen LogP contribution is -2.40. The Bertz CT molecular complexity index is 835. The van der Waals surface area contributed by atoms with Crippen LogP contribution in [0.4, 0.5) is 5.82 Å². The highest BCUT2D eigenvalue weighted by molar-refractivity contribution is 5.88. The predicted octanol–water partition coefficient (Wildman–Crippen LogP) is 2.44. The van der Waals surface area contributed by atoms with Crippen LogP contribution in [-0.4, -0.2) is 43.1 Å². The Labute approximate surface area is 177 Å². The summed E-state index contributed by atoms with van der Waals surface area (Å²) in [6, 6.07) is 12.5. The van der Waals surface area contributed by atoms with Crippen molar-refractivity contribution >= 4 is 17.6 Å². The summed E-state index contributed by atoms with van der Waals surface area (Å²) in [6.45, 7) is 7.32. The normalized spacial score (nSPS) is 15.0. The monoisotopic (exact) mass is 410 g/mol. The SMILES string of the molecule is CC(C)CC(=O)NC(C(=O)NCc1ccnc(N2CCOCC2)c1)c1ccccc1. The van der Waals surface area contributed by atoms with E-state index in [0.717, 1.165) is 30.0 Å². The van der Waals surface area contributed by atoms with E-state index in [2.05, 4.69) is 20.5 Å². The van der Waals surface area contributed by atoms with E-state index in [1.807, 2.05) is 56.3 Å². The molecule has 1 aliphatic heterocycles. The Morgan fingerprint density at radius 3 is 2.57 bits per heavy atom. The largest absolute Gasteiger partial charge is 0.378 e. The van der Waals surface area contributed by atoms with Gasteiger partial charge in [0, 0.05) is 32.3 Å². The van der Waals surface area contributed by atoms with Crippen LogP contribution in [0.3, 0.4) is 0 Å². The highest BCUT2D eigenvalue weighted by Crippen LogP contribution is 2.16. The molecule has 1 saturated heterocycles. The summed E-state index contributed by atoms with van der Waals surface area (Å²) in [5.74, 6) is 0.741. The minimum Gasteiger partial charge on any atom is -0.378 e. The molecule has 7 nitrogen and oxygen atoms in total. The Morgan fingerprint density at radius 2 is 1.87 bits per heavy atom. The number of hydrogen-bond donors (Lipinski definition) is 2. The van der Waals surface area contributed by atoms with E-state index >= 15 is 0 Å². The highest BCUT2D eigenvalue weighted by atomic mass is 16.5. The summed E-state index contributed by atoms with van der Waals surface area (Å²) in [7, 11) is 0. The minimum absolute atomic E-state index is 0.132. The van der Waals surface area contributed by atoms with Gasteiger partial charge in [0.25, 0.3) is 0 Å². The molecule has 2 aromatic rings. The number of pyridine rings is 1. The molecule has 0 aliphatic carbocycles. The first-order chi connectivity index (χ1) is 14.5. The van der Waals surface area contributed by atoms with Crippen molar-refractivity contribution < 1.29 is 14.3 Å². The molecule has 1 aliphatic rings. The smallest absolute Gasteiger partial charge is 0.247 e. The van der Waals surface area contributed by atoms with Crippen molar-refractivity contribution in [3.63, 3.8) is 0 Å². The van der Waals surface area contributed by atoms with Gasteiger partial charge in [0.15, 0.2) is 0 Å². The average molecular weight is 411 g/mol. The van der Waals surface area contributed by atoms with Crippen LogP contribution in [0.25, 0.3) is 0 Å². The molecule has 1 unspecified atom stereocenters. The molecule has 0 radical (unpaired) electrons. The Kier molecular flexibility index (Phi) is 7.79. The molecule has 2 N–H and O–H groups in total. The fraction of sp³-hybridized carbons (Fsp3) is 0.435. The van der Waals surface area contributed by atoms with E-state index in [0.29, 0.717) is 26.2 Å².